The van der Waals surface area contributed by atoms with Crippen molar-refractivity contribution in [2.45, 2.75) is 45.1 Å². The van der Waals surface area contributed by atoms with Crippen molar-refractivity contribution in [2.24, 2.45) is 0 Å². The molecule has 1 heterocycles. The van der Waals surface area contributed by atoms with Crippen molar-refractivity contribution in [2.75, 3.05) is 6.54 Å². The molecular formula is C17H21BrN2S. The molecule has 0 spiro atoms. The summed E-state index contributed by atoms with van der Waals surface area (Å²) in [4.78, 5) is 6.45. The van der Waals surface area contributed by atoms with Crippen LogP contribution in [0.25, 0.3) is 0 Å². The van der Waals surface area contributed by atoms with Gasteiger partial charge in [-0.2, -0.15) is 0 Å². The molecule has 1 aromatic carbocycles. The summed E-state index contributed by atoms with van der Waals surface area (Å²) in [6, 6.07) is 8.91. The maximum atomic E-state index is 4.96. The number of aryl methyl sites for hydroxylation is 1. The molecule has 1 N–H and O–H groups in total. The molecule has 1 aromatic heterocycles. The van der Waals surface area contributed by atoms with Gasteiger partial charge in [0.1, 0.15) is 0 Å². The summed E-state index contributed by atoms with van der Waals surface area (Å²) >= 11 is 5.54. The summed E-state index contributed by atoms with van der Waals surface area (Å²) in [5, 5.41) is 4.90. The number of thiazole rings is 1. The first-order valence-corrected chi connectivity index (χ1v) is 9.34. The van der Waals surface area contributed by atoms with E-state index in [1.807, 2.05) is 11.3 Å². The first kappa shape index (κ1) is 15.2. The van der Waals surface area contributed by atoms with Crippen molar-refractivity contribution in [1.82, 2.24) is 10.3 Å². The lowest BCUT2D eigenvalue weighted by atomic mass is 9.97. The molecule has 1 atom stereocenters. The van der Waals surface area contributed by atoms with E-state index in [-0.39, 0.29) is 0 Å². The van der Waals surface area contributed by atoms with Crippen molar-refractivity contribution >= 4 is 27.3 Å². The highest BCUT2D eigenvalue weighted by Crippen LogP contribution is 2.34. The van der Waals surface area contributed by atoms with Gasteiger partial charge in [-0.25, -0.2) is 4.98 Å². The minimum Gasteiger partial charge on any atom is -0.309 e. The molecule has 0 saturated heterocycles. The van der Waals surface area contributed by atoms with E-state index < -0.39 is 0 Å². The second-order valence-electron chi connectivity index (χ2n) is 5.58. The van der Waals surface area contributed by atoms with Gasteiger partial charge in [-0.3, -0.25) is 0 Å². The summed E-state index contributed by atoms with van der Waals surface area (Å²) < 4.78 is 1.18. The highest BCUT2D eigenvalue weighted by molar-refractivity contribution is 9.10. The zero-order valence-corrected chi connectivity index (χ0v) is 14.8. The van der Waals surface area contributed by atoms with Crippen LogP contribution in [0.5, 0.6) is 0 Å². The quantitative estimate of drug-likeness (QED) is 0.817. The summed E-state index contributed by atoms with van der Waals surface area (Å²) in [6.45, 7) is 3.30. The fraction of sp³-hybridized carbons (Fsp3) is 0.471. The van der Waals surface area contributed by atoms with Gasteiger partial charge < -0.3 is 5.32 Å². The lowest BCUT2D eigenvalue weighted by molar-refractivity contribution is 0.454. The molecule has 4 heteroatoms. The van der Waals surface area contributed by atoms with Crippen LogP contribution in [0, 0.1) is 0 Å². The number of rotatable bonds is 5. The molecule has 21 heavy (non-hydrogen) atoms. The third kappa shape index (κ3) is 3.55. The molecular weight excluding hydrogens is 344 g/mol. The van der Waals surface area contributed by atoms with Gasteiger partial charge in [0.25, 0.3) is 0 Å². The van der Waals surface area contributed by atoms with E-state index in [0.29, 0.717) is 6.04 Å². The van der Waals surface area contributed by atoms with Crippen LogP contribution in [0.4, 0.5) is 0 Å². The molecule has 0 fully saturated rings. The molecule has 2 nitrogen and oxygen atoms in total. The van der Waals surface area contributed by atoms with E-state index in [0.717, 1.165) is 13.0 Å². The van der Waals surface area contributed by atoms with Gasteiger partial charge in [-0.05, 0) is 43.9 Å². The average Bonchev–Trinajstić information content (AvgIpc) is 2.90. The van der Waals surface area contributed by atoms with E-state index in [9.17, 15) is 0 Å². The molecule has 1 unspecified atom stereocenters. The van der Waals surface area contributed by atoms with Crippen LogP contribution in [0.2, 0.25) is 0 Å². The number of nitrogens with zero attached hydrogens (tertiary/aromatic N) is 1. The van der Waals surface area contributed by atoms with Gasteiger partial charge in [0.2, 0.25) is 0 Å². The fourth-order valence-electron chi connectivity index (χ4n) is 2.87. The maximum Gasteiger partial charge on any atom is 0.0976 e. The van der Waals surface area contributed by atoms with Crippen LogP contribution < -0.4 is 5.32 Å². The zero-order chi connectivity index (χ0) is 14.7. The van der Waals surface area contributed by atoms with Gasteiger partial charge in [-0.1, -0.05) is 41.1 Å². The normalized spacial score (nSPS) is 17.7. The largest absolute Gasteiger partial charge is 0.309 e. The average molecular weight is 365 g/mol. The van der Waals surface area contributed by atoms with Crippen LogP contribution in [-0.4, -0.2) is 11.5 Å². The van der Waals surface area contributed by atoms with Gasteiger partial charge in [0.15, 0.2) is 0 Å². The lowest BCUT2D eigenvalue weighted by Gasteiger charge is -2.22. The Kier molecular flexibility index (Phi) is 5.09. The Labute approximate surface area is 139 Å². The molecule has 0 bridgehead atoms. The van der Waals surface area contributed by atoms with Crippen molar-refractivity contribution in [1.29, 1.82) is 0 Å². The van der Waals surface area contributed by atoms with Crippen molar-refractivity contribution in [3.8, 4) is 0 Å². The van der Waals surface area contributed by atoms with E-state index in [1.165, 1.54) is 51.3 Å². The van der Waals surface area contributed by atoms with Crippen LogP contribution in [-0.2, 0) is 12.8 Å². The second kappa shape index (κ2) is 7.03. The van der Waals surface area contributed by atoms with E-state index in [4.69, 9.17) is 4.98 Å². The van der Waals surface area contributed by atoms with Gasteiger partial charge >= 0.3 is 0 Å². The third-order valence-corrected chi connectivity index (χ3v) is 5.84. The lowest BCUT2D eigenvalue weighted by Crippen LogP contribution is -2.25. The molecule has 1 aliphatic carbocycles. The van der Waals surface area contributed by atoms with Crippen molar-refractivity contribution in [3.05, 3.63) is 49.9 Å². The van der Waals surface area contributed by atoms with E-state index >= 15 is 0 Å². The fourth-order valence-corrected chi connectivity index (χ4v) is 4.49. The Morgan fingerprint density at radius 2 is 2.24 bits per heavy atom. The summed E-state index contributed by atoms with van der Waals surface area (Å²) in [5.74, 6) is 0. The number of hydrogen-bond acceptors (Lipinski definition) is 3. The Balaban J connectivity index is 1.80. The number of hydrogen-bond donors (Lipinski definition) is 1. The predicted molar refractivity (Wildman–Crippen MR) is 93.0 cm³/mol. The summed E-state index contributed by atoms with van der Waals surface area (Å²) in [6.07, 6.45) is 5.82. The van der Waals surface area contributed by atoms with E-state index in [2.05, 4.69) is 52.4 Å². The minimum atomic E-state index is 0.470. The first-order chi connectivity index (χ1) is 10.3. The van der Waals surface area contributed by atoms with Crippen molar-refractivity contribution < 1.29 is 0 Å². The Hall–Kier alpha value is -0.710. The Morgan fingerprint density at radius 3 is 3.05 bits per heavy atom. The number of benzene rings is 1. The Bertz CT molecular complexity index is 609. The van der Waals surface area contributed by atoms with Crippen LogP contribution in [0.3, 0.4) is 0 Å². The number of fused-ring (bicyclic) bond motifs is 1. The Morgan fingerprint density at radius 1 is 1.38 bits per heavy atom. The standard InChI is InChI=1S/C17H21BrN2S/c1-2-10-19-14-8-5-9-15-17(14)20-16(21-15)11-12-6-3-4-7-13(12)18/h3-4,6-7,14,19H,2,5,8-11H2,1H3. The molecule has 0 aliphatic heterocycles. The maximum absolute atomic E-state index is 4.96. The van der Waals surface area contributed by atoms with Crippen LogP contribution >= 0.6 is 27.3 Å². The first-order valence-electron chi connectivity index (χ1n) is 7.73. The molecule has 0 radical (unpaired) electrons. The number of aromatic nitrogens is 1. The predicted octanol–water partition coefficient (Wildman–Crippen LogP) is 4.87. The highest BCUT2D eigenvalue weighted by Gasteiger charge is 2.24. The molecule has 1 aliphatic rings. The van der Waals surface area contributed by atoms with Crippen molar-refractivity contribution in [3.63, 3.8) is 0 Å². The van der Waals surface area contributed by atoms with Gasteiger partial charge in [0, 0.05) is 15.8 Å². The van der Waals surface area contributed by atoms with Crippen LogP contribution in [0.15, 0.2) is 28.7 Å². The second-order valence-corrected chi connectivity index (χ2v) is 7.61. The van der Waals surface area contributed by atoms with Gasteiger partial charge in [0.05, 0.1) is 16.7 Å². The topological polar surface area (TPSA) is 24.9 Å². The molecule has 2 aromatic rings. The summed E-state index contributed by atoms with van der Waals surface area (Å²) in [7, 11) is 0. The number of nitrogens with one attached hydrogen (secondary N) is 1. The number of halogens is 1. The van der Waals surface area contributed by atoms with Gasteiger partial charge in [-0.15, -0.1) is 11.3 Å². The molecule has 0 amide bonds. The zero-order valence-electron chi connectivity index (χ0n) is 12.4. The molecule has 0 saturated carbocycles. The SMILES string of the molecule is CCCNC1CCCc2sc(Cc3ccccc3Br)nc21. The molecule has 3 rings (SSSR count). The monoisotopic (exact) mass is 364 g/mol. The van der Waals surface area contributed by atoms with E-state index in [1.54, 1.807) is 0 Å². The summed E-state index contributed by atoms with van der Waals surface area (Å²) in [5.41, 5.74) is 2.64. The smallest absolute Gasteiger partial charge is 0.0976 e. The minimum absolute atomic E-state index is 0.470. The highest BCUT2D eigenvalue weighted by atomic mass is 79.9. The molecule has 112 valence electrons. The van der Waals surface area contributed by atoms with Crippen LogP contribution in [0.1, 0.15) is 53.4 Å². The third-order valence-electron chi connectivity index (χ3n) is 3.94.